The van der Waals surface area contributed by atoms with Gasteiger partial charge in [0.2, 0.25) is 0 Å². The zero-order valence-electron chi connectivity index (χ0n) is 15.2. The van der Waals surface area contributed by atoms with E-state index >= 15 is 0 Å². The molecular weight excluding hydrogens is 350 g/mol. The van der Waals surface area contributed by atoms with Crippen LogP contribution in [0.4, 0.5) is 17.1 Å². The molecule has 0 radical (unpaired) electrons. The van der Waals surface area contributed by atoms with Crippen molar-refractivity contribution in [1.29, 1.82) is 0 Å². The Balaban J connectivity index is 1.59. The maximum atomic E-state index is 11.5. The number of hydrogen-bond donors (Lipinski definition) is 2. The molecule has 1 heterocycles. The standard InChI is InChI=1S/C23H19N3O2/c27-23(25-28)16-7-5-15(6-8-16)17-9-12-20-22(13-17)26(19-10-11-19)21-4-2-1-3-18(21)14-24-20/h1-9,12-14,19,28H,10-11H2,(H,25,27). The second-order valence-electron chi connectivity index (χ2n) is 7.14. The molecule has 5 heteroatoms. The minimum atomic E-state index is -0.515. The summed E-state index contributed by atoms with van der Waals surface area (Å²) in [7, 11) is 0. The molecule has 2 aliphatic rings. The van der Waals surface area contributed by atoms with E-state index in [1.54, 1.807) is 17.6 Å². The molecule has 0 spiro atoms. The van der Waals surface area contributed by atoms with Crippen LogP contribution >= 0.6 is 0 Å². The first-order valence-electron chi connectivity index (χ1n) is 9.36. The quantitative estimate of drug-likeness (QED) is 0.513. The molecule has 3 aromatic carbocycles. The highest BCUT2D eigenvalue weighted by Gasteiger charge is 2.33. The predicted octanol–water partition coefficient (Wildman–Crippen LogP) is 4.84. The third-order valence-corrected chi connectivity index (χ3v) is 5.27. The van der Waals surface area contributed by atoms with Crippen LogP contribution in [0, 0.1) is 0 Å². The van der Waals surface area contributed by atoms with Crippen LogP contribution in [0.3, 0.4) is 0 Å². The van der Waals surface area contributed by atoms with E-state index < -0.39 is 5.91 Å². The van der Waals surface area contributed by atoms with Gasteiger partial charge in [-0.05, 0) is 54.3 Å². The highest BCUT2D eigenvalue weighted by Crippen LogP contribution is 2.46. The number of aliphatic imine (C=N–C) groups is 1. The number of amides is 1. The Labute approximate surface area is 162 Å². The van der Waals surface area contributed by atoms with Gasteiger partial charge < -0.3 is 4.90 Å². The van der Waals surface area contributed by atoms with Crippen LogP contribution in [0.15, 0.2) is 71.7 Å². The molecule has 1 fully saturated rings. The summed E-state index contributed by atoms with van der Waals surface area (Å²) in [6.07, 6.45) is 4.31. The first-order valence-corrected chi connectivity index (χ1v) is 9.36. The molecule has 5 rings (SSSR count). The van der Waals surface area contributed by atoms with Crippen molar-refractivity contribution in [2.24, 2.45) is 4.99 Å². The van der Waals surface area contributed by atoms with Gasteiger partial charge in [0.25, 0.3) is 5.91 Å². The molecule has 0 saturated heterocycles. The van der Waals surface area contributed by atoms with E-state index in [0.717, 1.165) is 28.1 Å². The SMILES string of the molecule is O=C(NO)c1ccc(-c2ccc3c(c2)N(C2CC2)c2ccccc2C=N3)cc1. The molecule has 0 bridgehead atoms. The Hall–Kier alpha value is -3.44. The minimum Gasteiger partial charge on any atom is -0.336 e. The van der Waals surface area contributed by atoms with Gasteiger partial charge in [-0.15, -0.1) is 0 Å². The van der Waals surface area contributed by atoms with Gasteiger partial charge in [0.1, 0.15) is 0 Å². The van der Waals surface area contributed by atoms with Crippen molar-refractivity contribution in [3.8, 4) is 11.1 Å². The van der Waals surface area contributed by atoms with Gasteiger partial charge in [-0.3, -0.25) is 15.0 Å². The van der Waals surface area contributed by atoms with E-state index in [4.69, 9.17) is 10.2 Å². The number of carbonyl (C=O) groups excluding carboxylic acids is 1. The van der Waals surface area contributed by atoms with Crippen LogP contribution in [-0.4, -0.2) is 23.4 Å². The van der Waals surface area contributed by atoms with Crippen molar-refractivity contribution in [1.82, 2.24) is 5.48 Å². The summed E-state index contributed by atoms with van der Waals surface area (Å²) in [4.78, 5) is 18.7. The van der Waals surface area contributed by atoms with E-state index in [9.17, 15) is 4.79 Å². The third kappa shape index (κ3) is 2.86. The molecule has 1 saturated carbocycles. The molecule has 1 amide bonds. The van der Waals surface area contributed by atoms with E-state index in [-0.39, 0.29) is 0 Å². The Morgan fingerprint density at radius 3 is 2.46 bits per heavy atom. The second kappa shape index (κ2) is 6.62. The Kier molecular flexibility index (Phi) is 3.95. The number of rotatable bonds is 3. The smallest absolute Gasteiger partial charge is 0.274 e. The molecule has 0 aromatic heterocycles. The maximum absolute atomic E-state index is 11.5. The average Bonchev–Trinajstić information content (AvgIpc) is 3.59. The lowest BCUT2D eigenvalue weighted by Gasteiger charge is -2.26. The molecule has 5 nitrogen and oxygen atoms in total. The largest absolute Gasteiger partial charge is 0.336 e. The van der Waals surface area contributed by atoms with Crippen molar-refractivity contribution in [2.75, 3.05) is 4.90 Å². The van der Waals surface area contributed by atoms with Gasteiger partial charge in [-0.1, -0.05) is 36.4 Å². The van der Waals surface area contributed by atoms with Crippen molar-refractivity contribution in [3.05, 3.63) is 77.9 Å². The monoisotopic (exact) mass is 369 g/mol. The molecule has 2 N–H and O–H groups in total. The summed E-state index contributed by atoms with van der Waals surface area (Å²) in [5.41, 5.74) is 8.55. The number of carbonyl (C=O) groups is 1. The zero-order chi connectivity index (χ0) is 19.1. The zero-order valence-corrected chi connectivity index (χ0v) is 15.2. The van der Waals surface area contributed by atoms with E-state index in [1.807, 2.05) is 24.4 Å². The first-order chi connectivity index (χ1) is 13.7. The highest BCUT2D eigenvalue weighted by molar-refractivity contribution is 5.97. The van der Waals surface area contributed by atoms with E-state index in [2.05, 4.69) is 41.3 Å². The summed E-state index contributed by atoms with van der Waals surface area (Å²) >= 11 is 0. The van der Waals surface area contributed by atoms with Crippen LogP contribution in [0.1, 0.15) is 28.8 Å². The summed E-state index contributed by atoms with van der Waals surface area (Å²) in [6.45, 7) is 0. The number of anilines is 2. The van der Waals surface area contributed by atoms with Crippen LogP contribution < -0.4 is 10.4 Å². The fourth-order valence-corrected chi connectivity index (χ4v) is 3.69. The molecule has 0 unspecified atom stereocenters. The second-order valence-corrected chi connectivity index (χ2v) is 7.14. The van der Waals surface area contributed by atoms with E-state index in [1.165, 1.54) is 18.5 Å². The molecule has 138 valence electrons. The van der Waals surface area contributed by atoms with Crippen molar-refractivity contribution >= 4 is 29.2 Å². The van der Waals surface area contributed by atoms with Gasteiger partial charge in [0.05, 0.1) is 17.1 Å². The minimum absolute atomic E-state index is 0.416. The summed E-state index contributed by atoms with van der Waals surface area (Å²) in [5, 5.41) is 8.78. The number of benzene rings is 3. The van der Waals surface area contributed by atoms with Crippen LogP contribution in [0.25, 0.3) is 11.1 Å². The van der Waals surface area contributed by atoms with Crippen molar-refractivity contribution in [2.45, 2.75) is 18.9 Å². The van der Waals surface area contributed by atoms with E-state index in [0.29, 0.717) is 11.6 Å². The van der Waals surface area contributed by atoms with Crippen molar-refractivity contribution < 1.29 is 10.0 Å². The average molecular weight is 369 g/mol. The van der Waals surface area contributed by atoms with Crippen LogP contribution in [0.5, 0.6) is 0 Å². The Bertz CT molecular complexity index is 1090. The predicted molar refractivity (Wildman–Crippen MR) is 110 cm³/mol. The molecular formula is C23H19N3O2. The fraction of sp³-hybridized carbons (Fsp3) is 0.130. The number of para-hydroxylation sites is 1. The molecule has 28 heavy (non-hydrogen) atoms. The normalized spacial score (nSPS) is 14.8. The van der Waals surface area contributed by atoms with Gasteiger partial charge in [-0.25, -0.2) is 5.48 Å². The molecule has 1 aliphatic carbocycles. The Morgan fingerprint density at radius 2 is 1.71 bits per heavy atom. The topological polar surface area (TPSA) is 64.9 Å². The van der Waals surface area contributed by atoms with Gasteiger partial charge >= 0.3 is 0 Å². The third-order valence-electron chi connectivity index (χ3n) is 5.27. The lowest BCUT2D eigenvalue weighted by molar-refractivity contribution is 0.0706. The molecule has 1 aliphatic heterocycles. The van der Waals surface area contributed by atoms with Crippen molar-refractivity contribution in [3.63, 3.8) is 0 Å². The number of hydrogen-bond acceptors (Lipinski definition) is 4. The number of nitrogens with zero attached hydrogens (tertiary/aromatic N) is 2. The van der Waals surface area contributed by atoms with Gasteiger partial charge in [0, 0.05) is 23.4 Å². The Morgan fingerprint density at radius 1 is 0.964 bits per heavy atom. The van der Waals surface area contributed by atoms with Gasteiger partial charge in [0.15, 0.2) is 0 Å². The molecule has 3 aromatic rings. The summed E-state index contributed by atoms with van der Waals surface area (Å²) in [6, 6.07) is 22.4. The fourth-order valence-electron chi connectivity index (χ4n) is 3.69. The lowest BCUT2D eigenvalue weighted by Crippen LogP contribution is -2.20. The van der Waals surface area contributed by atoms with Crippen LogP contribution in [0.2, 0.25) is 0 Å². The van der Waals surface area contributed by atoms with Gasteiger partial charge in [-0.2, -0.15) is 0 Å². The number of hydroxylamine groups is 1. The van der Waals surface area contributed by atoms with Crippen LogP contribution in [-0.2, 0) is 0 Å². The number of nitrogens with one attached hydrogen (secondary N) is 1. The maximum Gasteiger partial charge on any atom is 0.274 e. The first kappa shape index (κ1) is 16.7. The molecule has 0 atom stereocenters. The number of fused-ring (bicyclic) bond motifs is 2. The summed E-state index contributed by atoms with van der Waals surface area (Å²) < 4.78 is 0. The lowest BCUT2D eigenvalue weighted by atomic mass is 10.0. The summed E-state index contributed by atoms with van der Waals surface area (Å²) in [5.74, 6) is -0.515. The highest BCUT2D eigenvalue weighted by atomic mass is 16.5.